The number of ether oxygens (including phenoxy) is 1. The first-order valence-corrected chi connectivity index (χ1v) is 14.4. The van der Waals surface area contributed by atoms with Crippen molar-refractivity contribution in [3.63, 3.8) is 0 Å². The summed E-state index contributed by atoms with van der Waals surface area (Å²) in [4.78, 5) is 27.3. The topological polar surface area (TPSA) is 107 Å². The fraction of sp³-hybridized carbons (Fsp3) is 0.615. The fourth-order valence-corrected chi connectivity index (χ4v) is 5.69. The maximum Gasteiger partial charge on any atom is 0.534 e. The summed E-state index contributed by atoms with van der Waals surface area (Å²) in [6.45, 7) is 10.5. The van der Waals surface area contributed by atoms with Gasteiger partial charge in [0.25, 0.3) is 5.56 Å². The van der Waals surface area contributed by atoms with Crippen molar-refractivity contribution in [2.24, 2.45) is 5.92 Å². The molecule has 4 rings (SSSR count). The zero-order chi connectivity index (χ0) is 29.9. The molecule has 1 aromatic carbocycles. The molecule has 222 valence electrons. The first-order chi connectivity index (χ1) is 18.3. The van der Waals surface area contributed by atoms with Crippen molar-refractivity contribution in [1.82, 2.24) is 9.88 Å². The highest BCUT2D eigenvalue weighted by atomic mass is 32.2. The van der Waals surface area contributed by atoms with E-state index in [1.54, 1.807) is 32.6 Å². The molecule has 1 saturated carbocycles. The number of pyridine rings is 1. The number of anilines is 1. The van der Waals surface area contributed by atoms with Gasteiger partial charge in [-0.1, -0.05) is 0 Å². The van der Waals surface area contributed by atoms with Gasteiger partial charge >= 0.3 is 21.7 Å². The molecule has 2 heterocycles. The van der Waals surface area contributed by atoms with Crippen molar-refractivity contribution in [2.75, 3.05) is 18.0 Å². The van der Waals surface area contributed by atoms with Gasteiger partial charge in [0.15, 0.2) is 5.75 Å². The Morgan fingerprint density at radius 2 is 1.75 bits per heavy atom. The molecule has 40 heavy (non-hydrogen) atoms. The summed E-state index contributed by atoms with van der Waals surface area (Å²) in [5.41, 5.74) is -6.90. The quantitative estimate of drug-likeness (QED) is 0.284. The van der Waals surface area contributed by atoms with Crippen LogP contribution in [0.1, 0.15) is 64.1 Å². The summed E-state index contributed by atoms with van der Waals surface area (Å²) in [5, 5.41) is 2.57. The molecule has 1 N–H and O–H groups in total. The number of aryl methyl sites for hydroxylation is 1. The van der Waals surface area contributed by atoms with E-state index >= 15 is 4.39 Å². The minimum absolute atomic E-state index is 0.0681. The Morgan fingerprint density at radius 3 is 2.30 bits per heavy atom. The summed E-state index contributed by atoms with van der Waals surface area (Å²) in [6, 6.07) is 0.381. The number of alkyl carbamates (subject to hydrolysis) is 1. The zero-order valence-corrected chi connectivity index (χ0v) is 23.9. The van der Waals surface area contributed by atoms with Crippen LogP contribution in [0.2, 0.25) is 0 Å². The van der Waals surface area contributed by atoms with Gasteiger partial charge in [-0.15, -0.1) is 0 Å². The third-order valence-electron chi connectivity index (χ3n) is 7.21. The van der Waals surface area contributed by atoms with Crippen LogP contribution in [-0.4, -0.2) is 49.3 Å². The summed E-state index contributed by atoms with van der Waals surface area (Å²) < 4.78 is 90.1. The van der Waals surface area contributed by atoms with E-state index in [1.165, 1.54) is 4.57 Å². The highest BCUT2D eigenvalue weighted by Crippen LogP contribution is 2.44. The molecule has 0 spiro atoms. The molecule has 1 aliphatic heterocycles. The average Bonchev–Trinajstić information content (AvgIpc) is 3.51. The van der Waals surface area contributed by atoms with Crippen molar-refractivity contribution in [3.05, 3.63) is 33.4 Å². The molecule has 2 atom stereocenters. The molecule has 0 unspecified atom stereocenters. The van der Waals surface area contributed by atoms with Crippen molar-refractivity contribution in [1.29, 1.82) is 0 Å². The van der Waals surface area contributed by atoms with Gasteiger partial charge in [-0.25, -0.2) is 9.18 Å². The maximum absolute atomic E-state index is 15.7. The molecular formula is C26H33F4N3O6S. The molecule has 1 aromatic heterocycles. The van der Waals surface area contributed by atoms with Crippen molar-refractivity contribution in [2.45, 2.75) is 84.0 Å². The van der Waals surface area contributed by atoms with Crippen molar-refractivity contribution >= 4 is 32.8 Å². The fourth-order valence-electron chi connectivity index (χ4n) is 5.17. The van der Waals surface area contributed by atoms with E-state index in [9.17, 15) is 31.2 Å². The lowest BCUT2D eigenvalue weighted by Gasteiger charge is -2.27. The van der Waals surface area contributed by atoms with Gasteiger partial charge < -0.3 is 23.7 Å². The third-order valence-corrected chi connectivity index (χ3v) is 8.16. The second-order valence-electron chi connectivity index (χ2n) is 11.5. The molecule has 2 aliphatic rings. The number of carbonyl (C=O) groups excluding carboxylic acids is 1. The van der Waals surface area contributed by atoms with Gasteiger partial charge in [-0.3, -0.25) is 4.79 Å². The van der Waals surface area contributed by atoms with Crippen LogP contribution in [0.5, 0.6) is 5.75 Å². The first-order valence-electron chi connectivity index (χ1n) is 13.0. The van der Waals surface area contributed by atoms with Crippen LogP contribution >= 0.6 is 0 Å². The van der Waals surface area contributed by atoms with Gasteiger partial charge in [0.2, 0.25) is 0 Å². The van der Waals surface area contributed by atoms with E-state index in [0.29, 0.717) is 32.4 Å². The third kappa shape index (κ3) is 5.72. The Morgan fingerprint density at radius 1 is 1.12 bits per heavy atom. The van der Waals surface area contributed by atoms with E-state index in [-0.39, 0.29) is 45.7 Å². The molecule has 1 saturated heterocycles. The lowest BCUT2D eigenvalue weighted by Crippen LogP contribution is -2.42. The number of alkyl halides is 3. The summed E-state index contributed by atoms with van der Waals surface area (Å²) in [6.07, 6.45) is 1.31. The van der Waals surface area contributed by atoms with Crippen molar-refractivity contribution in [3.8, 4) is 5.75 Å². The smallest absolute Gasteiger partial charge is 0.444 e. The van der Waals surface area contributed by atoms with Gasteiger partial charge in [-0.05, 0) is 78.4 Å². The molecule has 0 radical (unpaired) electrons. The second kappa shape index (κ2) is 10.1. The predicted octanol–water partition coefficient (Wildman–Crippen LogP) is 5.06. The van der Waals surface area contributed by atoms with Gasteiger partial charge in [0, 0.05) is 30.6 Å². The van der Waals surface area contributed by atoms with Crippen LogP contribution in [0.3, 0.4) is 0 Å². The Bertz CT molecular complexity index is 1510. The Balaban J connectivity index is 1.75. The van der Waals surface area contributed by atoms with Gasteiger partial charge in [0.05, 0.1) is 16.8 Å². The highest BCUT2D eigenvalue weighted by molar-refractivity contribution is 7.88. The van der Waals surface area contributed by atoms with Crippen LogP contribution in [0.4, 0.5) is 28.0 Å². The first kappa shape index (κ1) is 29.9. The van der Waals surface area contributed by atoms with Crippen molar-refractivity contribution < 1.29 is 39.7 Å². The van der Waals surface area contributed by atoms with Crippen LogP contribution in [0.25, 0.3) is 10.9 Å². The predicted molar refractivity (Wildman–Crippen MR) is 141 cm³/mol. The molecule has 1 amide bonds. The number of hydrogen-bond acceptors (Lipinski definition) is 7. The molecule has 0 bridgehead atoms. The lowest BCUT2D eigenvalue weighted by atomic mass is 10.0. The Kier molecular flexibility index (Phi) is 7.57. The minimum atomic E-state index is -6.11. The molecule has 1 aliphatic carbocycles. The molecule has 2 aromatic rings. The monoisotopic (exact) mass is 591 g/mol. The summed E-state index contributed by atoms with van der Waals surface area (Å²) in [5.74, 6) is -1.70. The number of rotatable bonds is 6. The molecule has 9 nitrogen and oxygen atoms in total. The van der Waals surface area contributed by atoms with Crippen LogP contribution in [-0.2, 0) is 14.9 Å². The number of aromatic nitrogens is 1. The standard InChI is InChI=1S/C26H33F4N3O6S/c1-13-20-18(22(39-40(36,37)26(28,29)30)14(2)23(34)33(20)17-7-8-17)11-19(27)21(13)32-10-9-16(12-32)15(3)31-24(35)38-25(4,5)6/h11,15-17H,7-10,12H2,1-6H3,(H,31,35)/t15-,16+/m0/s1. The largest absolute Gasteiger partial charge is 0.534 e. The van der Waals surface area contributed by atoms with Crippen LogP contribution < -0.4 is 20.0 Å². The number of benzene rings is 1. The molecule has 14 heteroatoms. The van der Waals surface area contributed by atoms with E-state index in [1.807, 2.05) is 6.92 Å². The number of halogens is 4. The summed E-state index contributed by atoms with van der Waals surface area (Å²) in [7, 11) is -6.11. The number of carbonyl (C=O) groups is 1. The molecule has 2 fully saturated rings. The zero-order valence-electron chi connectivity index (χ0n) is 23.1. The minimum Gasteiger partial charge on any atom is -0.444 e. The second-order valence-corrected chi connectivity index (χ2v) is 13.0. The Hall–Kier alpha value is -3.03. The SMILES string of the molecule is Cc1c(OS(=O)(=O)C(F)(F)F)c2cc(F)c(N3CC[C@@H]([C@H](C)NC(=O)OC(C)(C)C)C3)c(C)c2n(C2CC2)c1=O. The average molecular weight is 592 g/mol. The van der Waals surface area contributed by atoms with E-state index in [4.69, 9.17) is 4.74 Å². The maximum atomic E-state index is 15.7. The van der Waals surface area contributed by atoms with Gasteiger partial charge in [-0.2, -0.15) is 21.6 Å². The number of fused-ring (bicyclic) bond motifs is 1. The number of nitrogens with one attached hydrogen (secondary N) is 1. The Labute approximate surface area is 229 Å². The number of nitrogens with zero attached hydrogens (tertiary/aromatic N) is 2. The number of hydrogen-bond donors (Lipinski definition) is 1. The molecular weight excluding hydrogens is 558 g/mol. The number of amides is 1. The van der Waals surface area contributed by atoms with Gasteiger partial charge in [0.1, 0.15) is 11.4 Å². The lowest BCUT2D eigenvalue weighted by molar-refractivity contribution is -0.0499. The normalized spacial score (nSPS) is 19.1. The highest BCUT2D eigenvalue weighted by Gasteiger charge is 2.49. The van der Waals surface area contributed by atoms with Crippen LogP contribution in [0.15, 0.2) is 10.9 Å². The van der Waals surface area contributed by atoms with E-state index < -0.39 is 44.4 Å². The van der Waals surface area contributed by atoms with E-state index in [2.05, 4.69) is 9.50 Å². The van der Waals surface area contributed by atoms with Crippen LogP contribution in [0, 0.1) is 25.6 Å². The summed E-state index contributed by atoms with van der Waals surface area (Å²) >= 11 is 0. The van der Waals surface area contributed by atoms with E-state index in [0.717, 1.165) is 13.0 Å².